The van der Waals surface area contributed by atoms with Crippen molar-refractivity contribution in [3.8, 4) is 0 Å². The van der Waals surface area contributed by atoms with E-state index in [2.05, 4.69) is 62.3 Å². The lowest BCUT2D eigenvalue weighted by molar-refractivity contribution is -0.117. The van der Waals surface area contributed by atoms with Gasteiger partial charge in [0.1, 0.15) is 0 Å². The first-order chi connectivity index (χ1) is 11.7. The van der Waals surface area contributed by atoms with Crippen LogP contribution in [0.25, 0.3) is 0 Å². The molecule has 2 rings (SSSR count). The van der Waals surface area contributed by atoms with E-state index in [1.54, 1.807) is 11.8 Å². The molecule has 0 aliphatic rings. The van der Waals surface area contributed by atoms with Crippen LogP contribution in [0.2, 0.25) is 0 Å². The highest BCUT2D eigenvalue weighted by Crippen LogP contribution is 2.30. The molecule has 0 aliphatic carbocycles. The number of carbonyl (C=O) groups is 1. The third kappa shape index (κ3) is 7.16. The molecule has 4 nitrogen and oxygen atoms in total. The topological polar surface area (TPSA) is 54.9 Å². The molecule has 1 N–H and O–H groups in total. The summed E-state index contributed by atoms with van der Waals surface area (Å²) < 4.78 is 0.876. The van der Waals surface area contributed by atoms with E-state index >= 15 is 0 Å². The summed E-state index contributed by atoms with van der Waals surface area (Å²) in [5.41, 5.74) is 2.81. The summed E-state index contributed by atoms with van der Waals surface area (Å²) in [7, 11) is 0. The van der Waals surface area contributed by atoms with E-state index in [1.165, 1.54) is 22.5 Å². The molecule has 0 radical (unpaired) electrons. The van der Waals surface area contributed by atoms with Crippen LogP contribution in [-0.2, 0) is 10.5 Å². The summed E-state index contributed by atoms with van der Waals surface area (Å²) >= 11 is 3.09. The van der Waals surface area contributed by atoms with Crippen LogP contribution in [-0.4, -0.2) is 16.1 Å². The Hall–Kier alpha value is -1.40. The van der Waals surface area contributed by atoms with Crippen LogP contribution >= 0.6 is 23.1 Å². The lowest BCUT2D eigenvalue weighted by Gasteiger charge is -2.22. The van der Waals surface area contributed by atoms with Crippen molar-refractivity contribution in [1.82, 2.24) is 10.2 Å². The number of aromatic nitrogens is 2. The van der Waals surface area contributed by atoms with Crippen molar-refractivity contribution in [2.45, 2.75) is 57.6 Å². The summed E-state index contributed by atoms with van der Waals surface area (Å²) in [6.45, 7) is 10.8. The monoisotopic (exact) mass is 377 g/mol. The number of benzene rings is 1. The molecule has 1 aromatic carbocycles. The zero-order valence-electron chi connectivity index (χ0n) is 15.6. The Morgan fingerprint density at radius 2 is 2.00 bits per heavy atom. The normalized spacial score (nSPS) is 12.8. The maximum Gasteiger partial charge on any atom is 0.226 e. The zero-order valence-corrected chi connectivity index (χ0v) is 17.3. The maximum absolute atomic E-state index is 12.2. The van der Waals surface area contributed by atoms with E-state index in [1.807, 2.05) is 12.1 Å². The number of carbonyl (C=O) groups excluding carboxylic acids is 1. The predicted molar refractivity (Wildman–Crippen MR) is 107 cm³/mol. The Balaban J connectivity index is 1.82. The van der Waals surface area contributed by atoms with Crippen LogP contribution in [0.5, 0.6) is 0 Å². The number of nitrogens with one attached hydrogen (secondary N) is 1. The summed E-state index contributed by atoms with van der Waals surface area (Å²) in [5, 5.41) is 11.7. The lowest BCUT2D eigenvalue weighted by atomic mass is 9.84. The van der Waals surface area contributed by atoms with Crippen molar-refractivity contribution in [2.24, 2.45) is 11.3 Å². The van der Waals surface area contributed by atoms with Gasteiger partial charge in [0.2, 0.25) is 11.0 Å². The van der Waals surface area contributed by atoms with Gasteiger partial charge in [-0.05, 0) is 35.8 Å². The number of rotatable bonds is 7. The third-order valence-corrected chi connectivity index (χ3v) is 5.78. The fourth-order valence-electron chi connectivity index (χ4n) is 2.83. The molecule has 0 spiro atoms. The van der Waals surface area contributed by atoms with E-state index < -0.39 is 0 Å². The Kier molecular flexibility index (Phi) is 7.02. The predicted octanol–water partition coefficient (Wildman–Crippen LogP) is 5.54. The number of thioether (sulfide) groups is 1. The van der Waals surface area contributed by atoms with Crippen molar-refractivity contribution in [2.75, 3.05) is 5.32 Å². The van der Waals surface area contributed by atoms with Crippen molar-refractivity contribution < 1.29 is 4.79 Å². The number of anilines is 1. The molecule has 136 valence electrons. The van der Waals surface area contributed by atoms with E-state index in [-0.39, 0.29) is 11.3 Å². The molecule has 0 saturated heterocycles. The van der Waals surface area contributed by atoms with Gasteiger partial charge >= 0.3 is 0 Å². The molecule has 0 fully saturated rings. The first kappa shape index (κ1) is 19.9. The van der Waals surface area contributed by atoms with E-state index in [4.69, 9.17) is 0 Å². The Morgan fingerprint density at radius 1 is 1.28 bits per heavy atom. The van der Waals surface area contributed by atoms with Crippen molar-refractivity contribution >= 4 is 34.1 Å². The van der Waals surface area contributed by atoms with Crippen molar-refractivity contribution in [1.29, 1.82) is 0 Å². The number of amides is 1. The van der Waals surface area contributed by atoms with Gasteiger partial charge in [-0.2, -0.15) is 0 Å². The fourth-order valence-corrected chi connectivity index (χ4v) is 4.68. The number of aryl methyl sites for hydroxylation is 1. The van der Waals surface area contributed by atoms with E-state index in [9.17, 15) is 4.79 Å². The highest BCUT2D eigenvalue weighted by atomic mass is 32.2. The quantitative estimate of drug-likeness (QED) is 0.508. The van der Waals surface area contributed by atoms with E-state index in [0.29, 0.717) is 17.5 Å². The van der Waals surface area contributed by atoms with Crippen molar-refractivity contribution in [3.05, 3.63) is 35.4 Å². The lowest BCUT2D eigenvalue weighted by Crippen LogP contribution is -2.18. The minimum Gasteiger partial charge on any atom is -0.300 e. The van der Waals surface area contributed by atoms with Gasteiger partial charge in [0.25, 0.3) is 0 Å². The largest absolute Gasteiger partial charge is 0.300 e. The van der Waals surface area contributed by atoms with Gasteiger partial charge in [0.05, 0.1) is 0 Å². The Bertz CT molecular complexity index is 707. The molecule has 1 atom stereocenters. The minimum absolute atomic E-state index is 0.0170. The summed E-state index contributed by atoms with van der Waals surface area (Å²) in [6.07, 6.45) is 1.54. The standard InChI is InChI=1S/C19H27N3OS2/c1-13(11-19(3,4)5)10-16(23)20-17-21-22-18(25-17)24-12-15-9-7-6-8-14(15)2/h6-9,13H,10-12H2,1-5H3,(H,20,21,23)/t13-/m0/s1. The molecular formula is C19H27N3OS2. The van der Waals surface area contributed by atoms with Gasteiger partial charge in [-0.3, -0.25) is 4.79 Å². The molecule has 0 bridgehead atoms. The van der Waals surface area contributed by atoms with Gasteiger partial charge in [-0.15, -0.1) is 10.2 Å². The van der Waals surface area contributed by atoms with Crippen LogP contribution < -0.4 is 5.32 Å². The second-order valence-corrected chi connectivity index (χ2v) is 9.91. The SMILES string of the molecule is Cc1ccccc1CSc1nnc(NC(=O)C[C@H](C)CC(C)(C)C)s1. The number of hydrogen-bond donors (Lipinski definition) is 1. The summed E-state index contributed by atoms with van der Waals surface area (Å²) in [6, 6.07) is 8.33. The highest BCUT2D eigenvalue weighted by molar-refractivity contribution is 8.00. The first-order valence-corrected chi connectivity index (χ1v) is 10.3. The van der Waals surface area contributed by atoms with Gasteiger partial charge < -0.3 is 5.32 Å². The second-order valence-electron chi connectivity index (χ2n) is 7.71. The molecule has 0 aliphatic heterocycles. The maximum atomic E-state index is 12.2. The van der Waals surface area contributed by atoms with Gasteiger partial charge in [-0.25, -0.2) is 0 Å². The van der Waals surface area contributed by atoms with Crippen molar-refractivity contribution in [3.63, 3.8) is 0 Å². The van der Waals surface area contributed by atoms with E-state index in [0.717, 1.165) is 16.5 Å². The Morgan fingerprint density at radius 3 is 2.68 bits per heavy atom. The molecule has 1 aromatic heterocycles. The first-order valence-electron chi connectivity index (χ1n) is 8.53. The van der Waals surface area contributed by atoms with Crippen LogP contribution in [0, 0.1) is 18.3 Å². The van der Waals surface area contributed by atoms with Gasteiger partial charge in [-0.1, -0.05) is 75.1 Å². The Labute approximate surface area is 158 Å². The molecule has 1 amide bonds. The average molecular weight is 378 g/mol. The van der Waals surface area contributed by atoms with Crippen LogP contribution in [0.1, 0.15) is 51.7 Å². The molecule has 2 aromatic rings. The molecule has 6 heteroatoms. The minimum atomic E-state index is 0.0170. The zero-order chi connectivity index (χ0) is 18.4. The van der Waals surface area contributed by atoms with Crippen LogP contribution in [0.3, 0.4) is 0 Å². The summed E-state index contributed by atoms with van der Waals surface area (Å²) in [4.78, 5) is 12.2. The molecule has 1 heterocycles. The molecule has 25 heavy (non-hydrogen) atoms. The average Bonchev–Trinajstić information content (AvgIpc) is 2.91. The van der Waals surface area contributed by atoms with Gasteiger partial charge in [0, 0.05) is 12.2 Å². The highest BCUT2D eigenvalue weighted by Gasteiger charge is 2.18. The van der Waals surface area contributed by atoms with Gasteiger partial charge in [0.15, 0.2) is 4.34 Å². The van der Waals surface area contributed by atoms with Crippen LogP contribution in [0.15, 0.2) is 28.6 Å². The molecular weight excluding hydrogens is 350 g/mol. The number of nitrogens with zero attached hydrogens (tertiary/aromatic N) is 2. The van der Waals surface area contributed by atoms with Crippen LogP contribution in [0.4, 0.5) is 5.13 Å². The fraction of sp³-hybridized carbons (Fsp3) is 0.526. The summed E-state index contributed by atoms with van der Waals surface area (Å²) in [5.74, 6) is 1.23. The third-order valence-electron chi connectivity index (χ3n) is 3.76. The smallest absolute Gasteiger partial charge is 0.226 e. The molecule has 0 saturated carbocycles. The second kappa shape index (κ2) is 8.81. The number of hydrogen-bond acceptors (Lipinski definition) is 5. The molecule has 0 unspecified atom stereocenters.